The molecule has 138 valence electrons. The fourth-order valence-electron chi connectivity index (χ4n) is 2.05. The minimum absolute atomic E-state index is 0.000907. The Morgan fingerprint density at radius 1 is 1.23 bits per heavy atom. The second kappa shape index (κ2) is 9.54. The fraction of sp³-hybridized carbons (Fsp3) is 0.222. The molecule has 26 heavy (non-hydrogen) atoms. The Morgan fingerprint density at radius 3 is 2.73 bits per heavy atom. The SMILES string of the molecule is C[C@H](NC(=O)COC(=O)CSc1cc(F)ccc1F)c1cccc(Cl)c1. The van der Waals surface area contributed by atoms with Crippen molar-refractivity contribution in [3.05, 3.63) is 64.7 Å². The number of thioether (sulfide) groups is 1. The van der Waals surface area contributed by atoms with Crippen LogP contribution in [0, 0.1) is 11.6 Å². The molecule has 0 spiro atoms. The number of ether oxygens (including phenoxy) is 1. The van der Waals surface area contributed by atoms with Crippen molar-refractivity contribution in [1.82, 2.24) is 5.32 Å². The highest BCUT2D eigenvalue weighted by atomic mass is 35.5. The molecule has 0 bridgehead atoms. The summed E-state index contributed by atoms with van der Waals surface area (Å²) in [6.07, 6.45) is 0. The van der Waals surface area contributed by atoms with Crippen LogP contribution < -0.4 is 5.32 Å². The van der Waals surface area contributed by atoms with E-state index in [0.717, 1.165) is 35.5 Å². The first-order valence-electron chi connectivity index (χ1n) is 7.63. The van der Waals surface area contributed by atoms with Gasteiger partial charge >= 0.3 is 5.97 Å². The lowest BCUT2D eigenvalue weighted by atomic mass is 10.1. The topological polar surface area (TPSA) is 55.4 Å². The predicted molar refractivity (Wildman–Crippen MR) is 96.1 cm³/mol. The van der Waals surface area contributed by atoms with Gasteiger partial charge in [0, 0.05) is 9.92 Å². The van der Waals surface area contributed by atoms with E-state index < -0.39 is 30.1 Å². The van der Waals surface area contributed by atoms with Gasteiger partial charge in [0.25, 0.3) is 5.91 Å². The summed E-state index contributed by atoms with van der Waals surface area (Å²) in [6.45, 7) is 1.31. The number of amides is 1. The van der Waals surface area contributed by atoms with E-state index >= 15 is 0 Å². The van der Waals surface area contributed by atoms with E-state index in [1.807, 2.05) is 6.07 Å². The van der Waals surface area contributed by atoms with Gasteiger partial charge in [-0.05, 0) is 42.8 Å². The third-order valence-electron chi connectivity index (χ3n) is 3.33. The van der Waals surface area contributed by atoms with Crippen molar-refractivity contribution in [3.63, 3.8) is 0 Å². The molecule has 1 amide bonds. The van der Waals surface area contributed by atoms with E-state index in [1.54, 1.807) is 25.1 Å². The minimum Gasteiger partial charge on any atom is -0.455 e. The zero-order valence-electron chi connectivity index (χ0n) is 13.8. The van der Waals surface area contributed by atoms with Gasteiger partial charge in [-0.25, -0.2) is 8.78 Å². The molecule has 0 aliphatic heterocycles. The number of nitrogens with one attached hydrogen (secondary N) is 1. The lowest BCUT2D eigenvalue weighted by Crippen LogP contribution is -2.31. The average molecular weight is 400 g/mol. The predicted octanol–water partition coefficient (Wildman–Crippen LogP) is 4.13. The van der Waals surface area contributed by atoms with Gasteiger partial charge in [-0.3, -0.25) is 9.59 Å². The van der Waals surface area contributed by atoms with Gasteiger partial charge in [-0.2, -0.15) is 0 Å². The first-order valence-corrected chi connectivity index (χ1v) is 9.00. The summed E-state index contributed by atoms with van der Waals surface area (Å²) in [6, 6.07) is 9.68. The molecule has 4 nitrogen and oxygen atoms in total. The van der Waals surface area contributed by atoms with Crippen LogP contribution in [0.5, 0.6) is 0 Å². The van der Waals surface area contributed by atoms with Crippen molar-refractivity contribution in [2.75, 3.05) is 12.4 Å². The number of carbonyl (C=O) groups excluding carboxylic acids is 2. The summed E-state index contributed by atoms with van der Waals surface area (Å²) < 4.78 is 31.4. The summed E-state index contributed by atoms with van der Waals surface area (Å²) in [7, 11) is 0. The summed E-state index contributed by atoms with van der Waals surface area (Å²) in [4.78, 5) is 23.5. The Bertz CT molecular complexity index is 804. The number of rotatable bonds is 7. The Hall–Kier alpha value is -2.12. The van der Waals surface area contributed by atoms with E-state index in [9.17, 15) is 18.4 Å². The maximum absolute atomic E-state index is 13.5. The van der Waals surface area contributed by atoms with Gasteiger partial charge in [0.05, 0.1) is 11.8 Å². The number of benzene rings is 2. The van der Waals surface area contributed by atoms with Crippen molar-refractivity contribution in [1.29, 1.82) is 0 Å². The van der Waals surface area contributed by atoms with Crippen molar-refractivity contribution in [2.45, 2.75) is 17.9 Å². The smallest absolute Gasteiger partial charge is 0.316 e. The van der Waals surface area contributed by atoms with Crippen LogP contribution in [-0.4, -0.2) is 24.2 Å². The van der Waals surface area contributed by atoms with Crippen LogP contribution in [0.3, 0.4) is 0 Å². The lowest BCUT2D eigenvalue weighted by molar-refractivity contribution is -0.146. The van der Waals surface area contributed by atoms with Crippen LogP contribution in [0.25, 0.3) is 0 Å². The van der Waals surface area contributed by atoms with Crippen LogP contribution in [0.2, 0.25) is 5.02 Å². The van der Waals surface area contributed by atoms with E-state index in [0.29, 0.717) is 5.02 Å². The molecule has 1 atom stereocenters. The number of esters is 1. The van der Waals surface area contributed by atoms with Crippen LogP contribution in [0.1, 0.15) is 18.5 Å². The number of halogens is 3. The quantitative estimate of drug-likeness (QED) is 0.562. The van der Waals surface area contributed by atoms with Crippen molar-refractivity contribution < 1.29 is 23.1 Å². The molecule has 2 aromatic rings. The molecule has 0 aromatic heterocycles. The minimum atomic E-state index is -0.704. The maximum atomic E-state index is 13.5. The highest BCUT2D eigenvalue weighted by Crippen LogP contribution is 2.22. The molecule has 2 rings (SSSR count). The molecule has 2 aromatic carbocycles. The highest BCUT2D eigenvalue weighted by molar-refractivity contribution is 8.00. The number of hydrogen-bond acceptors (Lipinski definition) is 4. The third-order valence-corrected chi connectivity index (χ3v) is 4.57. The number of hydrogen-bond donors (Lipinski definition) is 1. The Kier molecular flexibility index (Phi) is 7.41. The van der Waals surface area contributed by atoms with E-state index in [4.69, 9.17) is 16.3 Å². The van der Waals surface area contributed by atoms with Crippen molar-refractivity contribution in [2.24, 2.45) is 0 Å². The highest BCUT2D eigenvalue weighted by Gasteiger charge is 2.13. The molecule has 0 fully saturated rings. The first-order chi connectivity index (χ1) is 12.3. The van der Waals surface area contributed by atoms with Gasteiger partial charge in [-0.15, -0.1) is 11.8 Å². The van der Waals surface area contributed by atoms with Crippen LogP contribution >= 0.6 is 23.4 Å². The molecule has 0 aliphatic carbocycles. The van der Waals surface area contributed by atoms with Crippen molar-refractivity contribution in [3.8, 4) is 0 Å². The zero-order chi connectivity index (χ0) is 19.1. The molecule has 0 unspecified atom stereocenters. The molecule has 0 aliphatic rings. The maximum Gasteiger partial charge on any atom is 0.316 e. The molecule has 8 heteroatoms. The zero-order valence-corrected chi connectivity index (χ0v) is 15.4. The second-order valence-corrected chi connectivity index (χ2v) is 6.82. The monoisotopic (exact) mass is 399 g/mol. The van der Waals surface area contributed by atoms with Crippen molar-refractivity contribution >= 4 is 35.2 Å². The molecular weight excluding hydrogens is 384 g/mol. The molecule has 0 saturated carbocycles. The van der Waals surface area contributed by atoms with Crippen LogP contribution in [-0.2, 0) is 14.3 Å². The van der Waals surface area contributed by atoms with Gasteiger partial charge in [-0.1, -0.05) is 23.7 Å². The van der Waals surface area contributed by atoms with Crippen LogP contribution in [0.15, 0.2) is 47.4 Å². The van der Waals surface area contributed by atoms with Gasteiger partial charge < -0.3 is 10.1 Å². The fourth-order valence-corrected chi connectivity index (χ4v) is 3.01. The molecule has 0 heterocycles. The van der Waals surface area contributed by atoms with E-state index in [1.165, 1.54) is 0 Å². The first kappa shape index (κ1) is 20.2. The standard InChI is InChI=1S/C18H16ClF2NO3S/c1-11(12-3-2-4-13(19)7-12)22-17(23)9-25-18(24)10-26-16-8-14(20)5-6-15(16)21/h2-8,11H,9-10H2,1H3,(H,22,23)/t11-/m0/s1. The van der Waals surface area contributed by atoms with E-state index in [2.05, 4.69) is 5.32 Å². The van der Waals surface area contributed by atoms with Gasteiger partial charge in [0.1, 0.15) is 11.6 Å². The summed E-state index contributed by atoms with van der Waals surface area (Å²) in [5.74, 6) is -2.65. The van der Waals surface area contributed by atoms with E-state index in [-0.39, 0.29) is 16.7 Å². The molecule has 1 N–H and O–H groups in total. The summed E-state index contributed by atoms with van der Waals surface area (Å²) in [5.41, 5.74) is 0.814. The second-order valence-electron chi connectivity index (χ2n) is 5.37. The van der Waals surface area contributed by atoms with Crippen LogP contribution in [0.4, 0.5) is 8.78 Å². The Balaban J connectivity index is 1.76. The molecule has 0 saturated heterocycles. The average Bonchev–Trinajstić information content (AvgIpc) is 2.60. The Labute approximate surface area is 158 Å². The van der Waals surface area contributed by atoms with Gasteiger partial charge in [0.15, 0.2) is 6.61 Å². The normalized spacial score (nSPS) is 11.7. The number of carbonyl (C=O) groups is 2. The summed E-state index contributed by atoms with van der Waals surface area (Å²) >= 11 is 6.70. The summed E-state index contributed by atoms with van der Waals surface area (Å²) in [5, 5.41) is 3.23. The molecular formula is C18H16ClF2NO3S. The third kappa shape index (κ3) is 6.31. The lowest BCUT2D eigenvalue weighted by Gasteiger charge is -2.14. The molecule has 0 radical (unpaired) electrons. The Morgan fingerprint density at radius 2 is 2.00 bits per heavy atom. The largest absolute Gasteiger partial charge is 0.455 e. The van der Waals surface area contributed by atoms with Gasteiger partial charge in [0.2, 0.25) is 0 Å².